The van der Waals surface area contributed by atoms with Gasteiger partial charge in [0.1, 0.15) is 0 Å². The van der Waals surface area contributed by atoms with Crippen LogP contribution < -0.4 is 0 Å². The van der Waals surface area contributed by atoms with Crippen molar-refractivity contribution < 1.29 is 9.63 Å². The number of aryl methyl sites for hydroxylation is 1. The lowest BCUT2D eigenvalue weighted by Gasteiger charge is -2.24. The van der Waals surface area contributed by atoms with Crippen molar-refractivity contribution in [3.63, 3.8) is 0 Å². The maximum absolute atomic E-state index is 10.2. The lowest BCUT2D eigenvalue weighted by molar-refractivity contribution is 0.101. The zero-order valence-corrected chi connectivity index (χ0v) is 14.4. The first-order chi connectivity index (χ1) is 11.6. The first kappa shape index (κ1) is 17.1. The Bertz CT molecular complexity index is 614. The molecule has 2 atom stereocenters. The Labute approximate surface area is 142 Å². The Morgan fingerprint density at radius 2 is 2.33 bits per heavy atom. The van der Waals surface area contributed by atoms with Crippen LogP contribution in [-0.4, -0.2) is 73.7 Å². The smallest absolute Gasteiger partial charge is 0.226 e. The van der Waals surface area contributed by atoms with Gasteiger partial charge in [0.2, 0.25) is 5.89 Å². The molecule has 0 spiro atoms. The molecule has 8 nitrogen and oxygen atoms in total. The average molecular weight is 334 g/mol. The summed E-state index contributed by atoms with van der Waals surface area (Å²) < 4.78 is 6.93. The largest absolute Gasteiger partial charge is 0.390 e. The molecule has 3 heterocycles. The van der Waals surface area contributed by atoms with E-state index in [0.29, 0.717) is 31.6 Å². The van der Waals surface area contributed by atoms with Crippen molar-refractivity contribution in [3.05, 3.63) is 30.2 Å². The summed E-state index contributed by atoms with van der Waals surface area (Å²) in [5.74, 6) is 1.43. The second kappa shape index (κ2) is 7.87. The van der Waals surface area contributed by atoms with Crippen LogP contribution >= 0.6 is 0 Å². The molecule has 0 unspecified atom stereocenters. The third-order valence-corrected chi connectivity index (χ3v) is 4.50. The van der Waals surface area contributed by atoms with Crippen molar-refractivity contribution in [3.8, 4) is 0 Å². The minimum Gasteiger partial charge on any atom is -0.390 e. The Balaban J connectivity index is 1.44. The zero-order valence-electron chi connectivity index (χ0n) is 14.4. The highest BCUT2D eigenvalue weighted by atomic mass is 16.5. The van der Waals surface area contributed by atoms with E-state index in [1.807, 2.05) is 19.2 Å². The van der Waals surface area contributed by atoms with Gasteiger partial charge in [-0.2, -0.15) is 10.1 Å². The number of aliphatic hydroxyl groups is 1. The summed E-state index contributed by atoms with van der Waals surface area (Å²) >= 11 is 0. The highest BCUT2D eigenvalue weighted by Crippen LogP contribution is 2.16. The monoisotopic (exact) mass is 334 g/mol. The normalized spacial score (nSPS) is 20.1. The molecule has 3 rings (SSSR count). The molecule has 2 aromatic heterocycles. The molecule has 0 bridgehead atoms. The molecule has 1 aliphatic rings. The van der Waals surface area contributed by atoms with E-state index < -0.39 is 6.10 Å². The van der Waals surface area contributed by atoms with Crippen LogP contribution in [0.2, 0.25) is 0 Å². The number of nitrogens with zero attached hydrogens (tertiary/aromatic N) is 6. The maximum atomic E-state index is 10.2. The van der Waals surface area contributed by atoms with Crippen LogP contribution in [0.5, 0.6) is 0 Å². The molecule has 1 N–H and O–H groups in total. The molecule has 0 aliphatic carbocycles. The minimum absolute atomic E-state index is 0.404. The Morgan fingerprint density at radius 1 is 1.46 bits per heavy atom. The van der Waals surface area contributed by atoms with Gasteiger partial charge in [0.05, 0.1) is 19.2 Å². The first-order valence-electron chi connectivity index (χ1n) is 8.53. The van der Waals surface area contributed by atoms with Crippen molar-refractivity contribution >= 4 is 0 Å². The number of hydrogen-bond donors (Lipinski definition) is 1. The van der Waals surface area contributed by atoms with E-state index in [9.17, 15) is 5.11 Å². The van der Waals surface area contributed by atoms with Crippen LogP contribution in [0.25, 0.3) is 0 Å². The van der Waals surface area contributed by atoms with Crippen LogP contribution in [0.3, 0.4) is 0 Å². The Morgan fingerprint density at radius 3 is 3.04 bits per heavy atom. The molecule has 1 aliphatic heterocycles. The van der Waals surface area contributed by atoms with E-state index in [4.69, 9.17) is 4.52 Å². The van der Waals surface area contributed by atoms with Crippen LogP contribution in [0.15, 0.2) is 23.0 Å². The van der Waals surface area contributed by atoms with Crippen LogP contribution in [0.1, 0.15) is 25.1 Å². The summed E-state index contributed by atoms with van der Waals surface area (Å²) in [6.07, 6.45) is 5.05. The summed E-state index contributed by atoms with van der Waals surface area (Å²) in [4.78, 5) is 8.94. The molecule has 24 heavy (non-hydrogen) atoms. The first-order valence-corrected chi connectivity index (χ1v) is 8.53. The quantitative estimate of drug-likeness (QED) is 0.748. The van der Waals surface area contributed by atoms with Gasteiger partial charge in [-0.05, 0) is 26.1 Å². The van der Waals surface area contributed by atoms with E-state index in [2.05, 4.69) is 32.1 Å². The zero-order chi connectivity index (χ0) is 16.9. The third-order valence-electron chi connectivity index (χ3n) is 4.50. The van der Waals surface area contributed by atoms with Gasteiger partial charge >= 0.3 is 0 Å². The minimum atomic E-state index is -0.404. The lowest BCUT2D eigenvalue weighted by atomic mass is 10.2. The highest BCUT2D eigenvalue weighted by molar-refractivity contribution is 4.89. The Hall–Kier alpha value is -1.77. The van der Waals surface area contributed by atoms with E-state index in [0.717, 1.165) is 31.8 Å². The third kappa shape index (κ3) is 4.40. The molecule has 1 fully saturated rings. The summed E-state index contributed by atoms with van der Waals surface area (Å²) in [7, 11) is 2.09. The van der Waals surface area contributed by atoms with Gasteiger partial charge in [-0.1, -0.05) is 12.1 Å². The molecule has 0 amide bonds. The predicted octanol–water partition coefficient (Wildman–Crippen LogP) is 0.396. The van der Waals surface area contributed by atoms with E-state index in [1.54, 1.807) is 10.9 Å². The maximum Gasteiger partial charge on any atom is 0.226 e. The predicted molar refractivity (Wildman–Crippen MR) is 88.2 cm³/mol. The van der Waals surface area contributed by atoms with Crippen molar-refractivity contribution in [2.24, 2.45) is 0 Å². The van der Waals surface area contributed by atoms with Crippen molar-refractivity contribution in [2.45, 2.75) is 45.0 Å². The molecule has 0 aromatic carbocycles. The van der Waals surface area contributed by atoms with Crippen molar-refractivity contribution in [1.29, 1.82) is 0 Å². The number of likely N-dealkylation sites (tertiary alicyclic amines) is 1. The SMILES string of the molecule is CCc1nc(CN(C)[C@@H]2CCN(C[C@H](O)Cn3cccn3)C2)no1. The van der Waals surface area contributed by atoms with E-state index in [-0.39, 0.29) is 0 Å². The summed E-state index contributed by atoms with van der Waals surface area (Å²) in [6, 6.07) is 2.32. The summed E-state index contributed by atoms with van der Waals surface area (Å²) in [6.45, 7) is 5.85. The second-order valence-corrected chi connectivity index (χ2v) is 6.46. The van der Waals surface area contributed by atoms with Crippen molar-refractivity contribution in [1.82, 2.24) is 29.7 Å². The fourth-order valence-corrected chi connectivity index (χ4v) is 3.17. The van der Waals surface area contributed by atoms with Gasteiger partial charge in [0.25, 0.3) is 0 Å². The standard InChI is InChI=1S/C16H26N6O2/c1-3-16-18-15(19-24-16)12-20(2)13-5-8-21(9-13)10-14(23)11-22-7-4-6-17-22/h4,6-7,13-14,23H,3,5,8-12H2,1-2H3/t13-,14+/m1/s1. The van der Waals surface area contributed by atoms with Gasteiger partial charge in [-0.3, -0.25) is 14.5 Å². The van der Waals surface area contributed by atoms with Crippen molar-refractivity contribution in [2.75, 3.05) is 26.7 Å². The Kier molecular flexibility index (Phi) is 5.60. The fraction of sp³-hybridized carbons (Fsp3) is 0.688. The van der Waals surface area contributed by atoms with Crippen LogP contribution in [-0.2, 0) is 19.5 Å². The van der Waals surface area contributed by atoms with Gasteiger partial charge in [0, 0.05) is 37.9 Å². The molecule has 0 saturated carbocycles. The molecular formula is C16H26N6O2. The second-order valence-electron chi connectivity index (χ2n) is 6.46. The number of rotatable bonds is 8. The molecule has 1 saturated heterocycles. The lowest BCUT2D eigenvalue weighted by Crippen LogP contribution is -2.37. The number of hydrogen-bond acceptors (Lipinski definition) is 7. The molecular weight excluding hydrogens is 308 g/mol. The summed E-state index contributed by atoms with van der Waals surface area (Å²) in [5, 5.41) is 18.4. The molecule has 132 valence electrons. The number of β-amino-alcohol motifs (C(OH)–C–C–N with tert-alkyl or cyclic N) is 1. The molecule has 8 heteroatoms. The fourth-order valence-electron chi connectivity index (χ4n) is 3.17. The highest BCUT2D eigenvalue weighted by Gasteiger charge is 2.27. The average Bonchev–Trinajstić information content (AvgIpc) is 3.28. The van der Waals surface area contributed by atoms with Crippen LogP contribution in [0.4, 0.5) is 0 Å². The van der Waals surface area contributed by atoms with Gasteiger partial charge in [0.15, 0.2) is 5.82 Å². The molecule has 0 radical (unpaired) electrons. The topological polar surface area (TPSA) is 83.5 Å². The number of aromatic nitrogens is 4. The number of likely N-dealkylation sites (N-methyl/N-ethyl adjacent to an activating group) is 1. The number of aliphatic hydroxyl groups excluding tert-OH is 1. The molecule has 2 aromatic rings. The summed E-state index contributed by atoms with van der Waals surface area (Å²) in [5.41, 5.74) is 0. The van der Waals surface area contributed by atoms with E-state index >= 15 is 0 Å². The van der Waals surface area contributed by atoms with Crippen LogP contribution in [0, 0.1) is 0 Å². The van der Waals surface area contributed by atoms with Gasteiger partial charge in [-0.25, -0.2) is 0 Å². The van der Waals surface area contributed by atoms with Gasteiger partial charge in [-0.15, -0.1) is 0 Å². The van der Waals surface area contributed by atoms with Gasteiger partial charge < -0.3 is 9.63 Å². The van der Waals surface area contributed by atoms with E-state index in [1.165, 1.54) is 0 Å².